The third kappa shape index (κ3) is 2.34. The van der Waals surface area contributed by atoms with Crippen LogP contribution in [0.5, 0.6) is 0 Å². The monoisotopic (exact) mass is 290 g/mol. The van der Waals surface area contributed by atoms with Crippen molar-refractivity contribution in [1.29, 1.82) is 0 Å². The van der Waals surface area contributed by atoms with Crippen molar-refractivity contribution in [2.45, 2.75) is 19.3 Å². The van der Waals surface area contributed by atoms with Crippen LogP contribution in [0.2, 0.25) is 0 Å². The molecule has 1 aliphatic rings. The van der Waals surface area contributed by atoms with Crippen LogP contribution in [-0.2, 0) is 0 Å². The Bertz CT molecular complexity index is 384. The average Bonchev–Trinajstić information content (AvgIpc) is 2.22. The van der Waals surface area contributed by atoms with Crippen LogP contribution in [0.4, 0.5) is 14.6 Å². The lowest BCUT2D eigenvalue weighted by Crippen LogP contribution is -2.46. The number of piperidine rings is 1. The molecule has 1 fully saturated rings. The van der Waals surface area contributed by atoms with Crippen molar-refractivity contribution in [3.05, 3.63) is 22.8 Å². The van der Waals surface area contributed by atoms with E-state index in [1.54, 1.807) is 6.92 Å². The van der Waals surface area contributed by atoms with E-state index in [1.165, 1.54) is 0 Å². The van der Waals surface area contributed by atoms with Crippen LogP contribution in [-0.4, -0.2) is 24.0 Å². The van der Waals surface area contributed by atoms with Gasteiger partial charge in [0.25, 0.3) is 5.92 Å². The third-order valence-electron chi connectivity index (χ3n) is 2.95. The largest absolute Gasteiger partial charge is 0.356 e. The molecule has 1 saturated heterocycles. The summed E-state index contributed by atoms with van der Waals surface area (Å²) in [6.07, 6.45) is -0.0949. The fraction of sp³-hybridized carbons (Fsp3) is 0.545. The first-order chi connectivity index (χ1) is 7.49. The average molecular weight is 291 g/mol. The van der Waals surface area contributed by atoms with E-state index in [2.05, 4.69) is 20.9 Å². The maximum atomic E-state index is 13.3. The van der Waals surface area contributed by atoms with Gasteiger partial charge in [-0.25, -0.2) is 13.8 Å². The Morgan fingerprint density at radius 3 is 2.88 bits per heavy atom. The molecule has 1 aromatic heterocycles. The molecule has 16 heavy (non-hydrogen) atoms. The molecule has 0 N–H and O–H groups in total. The maximum absolute atomic E-state index is 13.3. The van der Waals surface area contributed by atoms with Crippen molar-refractivity contribution in [1.82, 2.24) is 4.98 Å². The Kier molecular flexibility index (Phi) is 3.15. The van der Waals surface area contributed by atoms with E-state index in [4.69, 9.17) is 0 Å². The summed E-state index contributed by atoms with van der Waals surface area (Å²) < 4.78 is 27.4. The molecule has 1 unspecified atom stereocenters. The van der Waals surface area contributed by atoms with Gasteiger partial charge in [0.2, 0.25) is 0 Å². The number of halogens is 3. The number of alkyl halides is 2. The molecule has 5 heteroatoms. The van der Waals surface area contributed by atoms with E-state index in [9.17, 15) is 8.78 Å². The summed E-state index contributed by atoms with van der Waals surface area (Å²) in [6.45, 7) is 2.31. The normalized spacial score (nSPS) is 24.5. The molecule has 1 aliphatic heterocycles. The minimum Gasteiger partial charge on any atom is -0.356 e. The standard InChI is InChI=1S/C11H13BrF2N2/c1-8-7-16(6-5-11(8,13)14)10-4-2-3-9(12)15-10/h2-4,8H,5-7H2,1H3. The predicted octanol–water partition coefficient (Wildman–Crippen LogP) is 3.33. The smallest absolute Gasteiger partial charge is 0.254 e. The number of pyridine rings is 1. The Balaban J connectivity index is 2.14. The Hall–Kier alpha value is -0.710. The highest BCUT2D eigenvalue weighted by atomic mass is 79.9. The first kappa shape index (κ1) is 11.8. The van der Waals surface area contributed by atoms with E-state index < -0.39 is 11.8 Å². The van der Waals surface area contributed by atoms with Gasteiger partial charge in [0.15, 0.2) is 0 Å². The van der Waals surface area contributed by atoms with Gasteiger partial charge in [-0.15, -0.1) is 0 Å². The van der Waals surface area contributed by atoms with Gasteiger partial charge in [-0.1, -0.05) is 13.0 Å². The molecule has 0 saturated carbocycles. The van der Waals surface area contributed by atoms with Crippen molar-refractivity contribution in [3.63, 3.8) is 0 Å². The SMILES string of the molecule is CC1CN(c2cccc(Br)n2)CCC1(F)F. The summed E-state index contributed by atoms with van der Waals surface area (Å²) >= 11 is 3.28. The van der Waals surface area contributed by atoms with E-state index in [1.807, 2.05) is 23.1 Å². The van der Waals surface area contributed by atoms with Crippen molar-refractivity contribution in [2.75, 3.05) is 18.0 Å². The first-order valence-corrected chi connectivity index (χ1v) is 6.04. The highest BCUT2D eigenvalue weighted by Gasteiger charge is 2.41. The summed E-state index contributed by atoms with van der Waals surface area (Å²) in [5.41, 5.74) is 0. The fourth-order valence-electron chi connectivity index (χ4n) is 1.87. The minimum absolute atomic E-state index is 0.0949. The first-order valence-electron chi connectivity index (χ1n) is 5.24. The number of anilines is 1. The second kappa shape index (κ2) is 4.28. The van der Waals surface area contributed by atoms with Crippen molar-refractivity contribution < 1.29 is 8.78 Å². The second-order valence-corrected chi connectivity index (χ2v) is 4.99. The lowest BCUT2D eigenvalue weighted by molar-refractivity contribution is -0.0652. The Morgan fingerprint density at radius 1 is 1.50 bits per heavy atom. The van der Waals surface area contributed by atoms with Gasteiger partial charge in [0, 0.05) is 25.4 Å². The van der Waals surface area contributed by atoms with Crippen molar-refractivity contribution >= 4 is 21.7 Å². The second-order valence-electron chi connectivity index (χ2n) is 4.18. The van der Waals surface area contributed by atoms with Gasteiger partial charge in [-0.3, -0.25) is 0 Å². The van der Waals surface area contributed by atoms with Crippen LogP contribution in [0.1, 0.15) is 13.3 Å². The molecule has 2 rings (SSSR count). The fourth-order valence-corrected chi connectivity index (χ4v) is 2.20. The highest BCUT2D eigenvalue weighted by molar-refractivity contribution is 9.10. The van der Waals surface area contributed by atoms with Crippen molar-refractivity contribution in [3.8, 4) is 0 Å². The number of hydrogen-bond acceptors (Lipinski definition) is 2. The molecule has 2 heterocycles. The lowest BCUT2D eigenvalue weighted by atomic mass is 9.95. The molecule has 1 atom stereocenters. The van der Waals surface area contributed by atoms with Gasteiger partial charge in [0.05, 0.1) is 0 Å². The molecular formula is C11H13BrF2N2. The summed E-state index contributed by atoms with van der Waals surface area (Å²) in [4.78, 5) is 6.19. The Labute approximate surface area is 102 Å². The zero-order valence-corrected chi connectivity index (χ0v) is 10.5. The van der Waals surface area contributed by atoms with Crippen LogP contribution in [0.3, 0.4) is 0 Å². The minimum atomic E-state index is -2.54. The molecule has 88 valence electrons. The summed E-state index contributed by atoms with van der Waals surface area (Å²) in [7, 11) is 0. The van der Waals surface area contributed by atoms with E-state index in [0.717, 1.165) is 10.4 Å². The number of hydrogen-bond donors (Lipinski definition) is 0. The maximum Gasteiger partial charge on any atom is 0.254 e. The Morgan fingerprint density at radius 2 is 2.25 bits per heavy atom. The zero-order valence-electron chi connectivity index (χ0n) is 8.96. The van der Waals surface area contributed by atoms with Crippen molar-refractivity contribution in [2.24, 2.45) is 5.92 Å². The van der Waals surface area contributed by atoms with Crippen LogP contribution in [0.25, 0.3) is 0 Å². The number of aromatic nitrogens is 1. The van der Waals surface area contributed by atoms with Crippen LogP contribution >= 0.6 is 15.9 Å². The van der Waals surface area contributed by atoms with Gasteiger partial charge in [0.1, 0.15) is 10.4 Å². The summed E-state index contributed by atoms with van der Waals surface area (Å²) in [5, 5.41) is 0. The number of nitrogens with zero attached hydrogens (tertiary/aromatic N) is 2. The molecule has 2 nitrogen and oxygen atoms in total. The molecule has 1 aromatic rings. The summed E-state index contributed by atoms with van der Waals surface area (Å²) in [5.74, 6) is -2.40. The van der Waals surface area contributed by atoms with Crippen LogP contribution in [0, 0.1) is 5.92 Å². The molecule has 0 spiro atoms. The quantitative estimate of drug-likeness (QED) is 0.738. The van der Waals surface area contributed by atoms with Gasteiger partial charge in [-0.2, -0.15) is 0 Å². The zero-order chi connectivity index (χ0) is 11.8. The van der Waals surface area contributed by atoms with Crippen LogP contribution < -0.4 is 4.90 Å². The van der Waals surface area contributed by atoms with Gasteiger partial charge >= 0.3 is 0 Å². The highest BCUT2D eigenvalue weighted by Crippen LogP contribution is 2.34. The molecular weight excluding hydrogens is 278 g/mol. The van der Waals surface area contributed by atoms with E-state index >= 15 is 0 Å². The van der Waals surface area contributed by atoms with Gasteiger partial charge < -0.3 is 4.90 Å². The predicted molar refractivity (Wildman–Crippen MR) is 62.9 cm³/mol. The van der Waals surface area contributed by atoms with Crippen LogP contribution in [0.15, 0.2) is 22.8 Å². The third-order valence-corrected chi connectivity index (χ3v) is 3.40. The molecule has 0 radical (unpaired) electrons. The summed E-state index contributed by atoms with van der Waals surface area (Å²) in [6, 6.07) is 5.54. The number of rotatable bonds is 1. The lowest BCUT2D eigenvalue weighted by Gasteiger charge is -2.37. The molecule has 0 aromatic carbocycles. The van der Waals surface area contributed by atoms with E-state index in [-0.39, 0.29) is 6.42 Å². The molecule has 0 bridgehead atoms. The van der Waals surface area contributed by atoms with Gasteiger partial charge in [-0.05, 0) is 28.1 Å². The molecule has 0 aliphatic carbocycles. The topological polar surface area (TPSA) is 16.1 Å². The van der Waals surface area contributed by atoms with E-state index in [0.29, 0.717) is 13.1 Å². The molecule has 0 amide bonds.